The molecule has 9 nitrogen and oxygen atoms in total. The first-order valence-corrected chi connectivity index (χ1v) is 14.4. The maximum absolute atomic E-state index is 14.2. The summed E-state index contributed by atoms with van der Waals surface area (Å²) >= 11 is 0. The fourth-order valence-corrected chi connectivity index (χ4v) is 6.01. The fourth-order valence-electron chi connectivity index (χ4n) is 6.01. The minimum Gasteiger partial charge on any atom is -0.378 e. The van der Waals surface area contributed by atoms with Crippen LogP contribution in [0.2, 0.25) is 0 Å². The van der Waals surface area contributed by atoms with Crippen molar-refractivity contribution >= 4 is 34.2 Å². The summed E-state index contributed by atoms with van der Waals surface area (Å²) in [5, 5.41) is 11.6. The van der Waals surface area contributed by atoms with Crippen molar-refractivity contribution in [3.63, 3.8) is 0 Å². The molecule has 0 spiro atoms. The minimum absolute atomic E-state index is 0.00957. The molecule has 1 N–H and O–H groups in total. The number of benzene rings is 3. The number of anilines is 2. The van der Waals surface area contributed by atoms with Gasteiger partial charge in [0.05, 0.1) is 18.7 Å². The van der Waals surface area contributed by atoms with Crippen LogP contribution in [0.25, 0.3) is 11.0 Å². The van der Waals surface area contributed by atoms with Crippen LogP contribution in [-0.4, -0.2) is 63.6 Å². The average molecular weight is 553 g/mol. The van der Waals surface area contributed by atoms with E-state index >= 15 is 0 Å². The second kappa shape index (κ2) is 11.7. The zero-order valence-corrected chi connectivity index (χ0v) is 23.5. The summed E-state index contributed by atoms with van der Waals surface area (Å²) in [7, 11) is 0. The van der Waals surface area contributed by atoms with Crippen LogP contribution in [0, 0.1) is 6.92 Å². The maximum atomic E-state index is 14.2. The van der Waals surface area contributed by atoms with Gasteiger partial charge in [-0.25, -0.2) is 4.68 Å². The number of carbonyl (C=O) groups is 2. The lowest BCUT2D eigenvalue weighted by Gasteiger charge is -2.40. The van der Waals surface area contributed by atoms with Gasteiger partial charge in [0.25, 0.3) is 0 Å². The van der Waals surface area contributed by atoms with Crippen LogP contribution in [-0.2, 0) is 27.4 Å². The maximum Gasteiger partial charge on any atom is 0.250 e. The predicted octanol–water partition coefficient (Wildman–Crippen LogP) is 4.56. The van der Waals surface area contributed by atoms with Gasteiger partial charge in [-0.2, -0.15) is 0 Å². The lowest BCUT2D eigenvalue weighted by atomic mass is 9.92. The summed E-state index contributed by atoms with van der Waals surface area (Å²) in [6, 6.07) is 23.7. The second-order valence-corrected chi connectivity index (χ2v) is 11.0. The summed E-state index contributed by atoms with van der Waals surface area (Å²) in [6.07, 6.45) is 2.99. The lowest BCUT2D eigenvalue weighted by Crippen LogP contribution is -2.57. The van der Waals surface area contributed by atoms with E-state index in [1.165, 1.54) is 0 Å². The van der Waals surface area contributed by atoms with E-state index in [0.717, 1.165) is 72.7 Å². The Morgan fingerprint density at radius 2 is 1.66 bits per heavy atom. The molecule has 6 rings (SSSR count). The van der Waals surface area contributed by atoms with Gasteiger partial charge in [-0.05, 0) is 61.7 Å². The molecular weight excluding hydrogens is 516 g/mol. The Morgan fingerprint density at radius 3 is 2.39 bits per heavy atom. The molecule has 2 heterocycles. The van der Waals surface area contributed by atoms with E-state index in [4.69, 9.17) is 4.74 Å². The molecule has 2 aliphatic rings. The zero-order valence-electron chi connectivity index (χ0n) is 23.5. The molecule has 0 bridgehead atoms. The van der Waals surface area contributed by atoms with Crippen molar-refractivity contribution in [3.8, 4) is 0 Å². The zero-order chi connectivity index (χ0) is 28.2. The molecule has 4 aromatic rings. The summed E-state index contributed by atoms with van der Waals surface area (Å²) in [5.41, 5.74) is 4.54. The number of fused-ring (bicyclic) bond motifs is 1. The van der Waals surface area contributed by atoms with Crippen molar-refractivity contribution in [2.24, 2.45) is 0 Å². The molecule has 0 atom stereocenters. The molecule has 1 saturated carbocycles. The number of carbonyl (C=O) groups excluding carboxylic acids is 2. The average Bonchev–Trinajstić information content (AvgIpc) is 3.66. The minimum atomic E-state index is -0.957. The molecule has 0 unspecified atom stereocenters. The molecule has 3 aromatic carbocycles. The van der Waals surface area contributed by atoms with E-state index in [1.54, 1.807) is 9.58 Å². The van der Waals surface area contributed by atoms with Gasteiger partial charge in [-0.15, -0.1) is 5.10 Å². The van der Waals surface area contributed by atoms with Gasteiger partial charge in [-0.1, -0.05) is 60.0 Å². The first-order valence-electron chi connectivity index (χ1n) is 14.4. The third-order valence-electron chi connectivity index (χ3n) is 8.34. The Morgan fingerprint density at radius 1 is 0.951 bits per heavy atom. The topological polar surface area (TPSA) is 92.6 Å². The van der Waals surface area contributed by atoms with Gasteiger partial charge in [0.2, 0.25) is 11.8 Å². The van der Waals surface area contributed by atoms with E-state index in [2.05, 4.69) is 20.5 Å². The summed E-state index contributed by atoms with van der Waals surface area (Å²) in [4.78, 5) is 32.4. The van der Waals surface area contributed by atoms with Gasteiger partial charge in [0.15, 0.2) is 0 Å². The second-order valence-electron chi connectivity index (χ2n) is 11.0. The van der Waals surface area contributed by atoms with Crippen molar-refractivity contribution in [2.75, 3.05) is 36.5 Å². The van der Waals surface area contributed by atoms with Crippen molar-refractivity contribution in [2.45, 2.75) is 51.2 Å². The number of rotatable bonds is 8. The van der Waals surface area contributed by atoms with Crippen LogP contribution in [0.1, 0.15) is 36.8 Å². The first kappa shape index (κ1) is 27.0. The first-order chi connectivity index (χ1) is 20.0. The summed E-state index contributed by atoms with van der Waals surface area (Å²) < 4.78 is 7.10. The number of hydrogen-bond donors (Lipinski definition) is 1. The van der Waals surface area contributed by atoms with E-state index in [9.17, 15) is 9.59 Å². The standard InChI is InChI=1S/C32H36N6O3/c1-24-8-10-25(11-9-24)22-37(30(39)23-38-29-7-3-2-6-28(29)34-35-38)32(16-4-5-17-32)31(40)33-26-12-14-27(15-13-26)36-18-20-41-21-19-36/h2-3,6-15H,4-5,16-23H2,1H3,(H,33,40). The molecular formula is C32H36N6O3. The van der Waals surface area contributed by atoms with Crippen LogP contribution in [0.5, 0.6) is 0 Å². The quantitative estimate of drug-likeness (QED) is 0.345. The molecule has 212 valence electrons. The number of amides is 2. The Kier molecular flexibility index (Phi) is 7.69. The molecule has 1 aromatic heterocycles. The number of aromatic nitrogens is 3. The number of morpholine rings is 1. The van der Waals surface area contributed by atoms with Gasteiger partial charge < -0.3 is 19.9 Å². The fraction of sp³-hybridized carbons (Fsp3) is 0.375. The molecule has 41 heavy (non-hydrogen) atoms. The molecule has 1 aliphatic carbocycles. The highest BCUT2D eigenvalue weighted by atomic mass is 16.5. The number of hydrogen-bond acceptors (Lipinski definition) is 6. The van der Waals surface area contributed by atoms with Gasteiger partial charge in [0, 0.05) is 31.0 Å². The third-order valence-corrected chi connectivity index (χ3v) is 8.34. The Hall–Kier alpha value is -4.24. The SMILES string of the molecule is Cc1ccc(CN(C(=O)Cn2nnc3ccccc32)C2(C(=O)Nc3ccc(N4CCOCC4)cc3)CCCC2)cc1. The Labute approximate surface area is 240 Å². The highest BCUT2D eigenvalue weighted by Gasteiger charge is 2.48. The smallest absolute Gasteiger partial charge is 0.250 e. The summed E-state index contributed by atoms with van der Waals surface area (Å²) in [6.45, 7) is 5.54. The van der Waals surface area contributed by atoms with E-state index in [-0.39, 0.29) is 18.4 Å². The largest absolute Gasteiger partial charge is 0.378 e. The monoisotopic (exact) mass is 552 g/mol. The number of nitrogens with one attached hydrogen (secondary N) is 1. The van der Waals surface area contributed by atoms with Crippen LogP contribution in [0.4, 0.5) is 11.4 Å². The molecule has 2 fully saturated rings. The van der Waals surface area contributed by atoms with Crippen LogP contribution in [0.15, 0.2) is 72.8 Å². The number of aryl methyl sites for hydroxylation is 1. The molecule has 1 saturated heterocycles. The van der Waals surface area contributed by atoms with E-state index < -0.39 is 5.54 Å². The van der Waals surface area contributed by atoms with Crippen molar-refractivity contribution < 1.29 is 14.3 Å². The van der Waals surface area contributed by atoms with Crippen molar-refractivity contribution in [1.29, 1.82) is 0 Å². The number of para-hydroxylation sites is 1. The van der Waals surface area contributed by atoms with Gasteiger partial charge >= 0.3 is 0 Å². The van der Waals surface area contributed by atoms with Gasteiger partial charge in [-0.3, -0.25) is 9.59 Å². The van der Waals surface area contributed by atoms with Gasteiger partial charge in [0.1, 0.15) is 17.6 Å². The normalized spacial score (nSPS) is 16.6. The van der Waals surface area contributed by atoms with Crippen LogP contribution < -0.4 is 10.2 Å². The highest BCUT2D eigenvalue weighted by Crippen LogP contribution is 2.38. The molecule has 9 heteroatoms. The molecule has 2 amide bonds. The van der Waals surface area contributed by atoms with E-state index in [0.29, 0.717) is 19.4 Å². The number of nitrogens with zero attached hydrogens (tertiary/aromatic N) is 5. The highest BCUT2D eigenvalue weighted by molar-refractivity contribution is 6.01. The number of ether oxygens (including phenoxy) is 1. The van der Waals surface area contributed by atoms with Crippen LogP contribution >= 0.6 is 0 Å². The van der Waals surface area contributed by atoms with Crippen molar-refractivity contribution in [3.05, 3.63) is 83.9 Å². The Balaban J connectivity index is 1.28. The lowest BCUT2D eigenvalue weighted by molar-refractivity contribution is -0.147. The Bertz CT molecular complexity index is 1500. The predicted molar refractivity (Wildman–Crippen MR) is 159 cm³/mol. The third kappa shape index (κ3) is 5.67. The molecule has 1 aliphatic heterocycles. The molecule has 0 radical (unpaired) electrons. The summed E-state index contributed by atoms with van der Waals surface area (Å²) in [5.74, 6) is -0.293. The van der Waals surface area contributed by atoms with Crippen molar-refractivity contribution in [1.82, 2.24) is 19.9 Å². The van der Waals surface area contributed by atoms with E-state index in [1.807, 2.05) is 79.7 Å². The van der Waals surface area contributed by atoms with Crippen LogP contribution in [0.3, 0.4) is 0 Å².